The molecular formula is C10H11NO3. The molecule has 0 aliphatic carbocycles. The van der Waals surface area contributed by atoms with Gasteiger partial charge >= 0.3 is 5.97 Å². The first kappa shape index (κ1) is 10.2. The minimum atomic E-state index is -1.09. The van der Waals surface area contributed by atoms with Gasteiger partial charge in [0.25, 0.3) is 0 Å². The predicted molar refractivity (Wildman–Crippen MR) is 53.1 cm³/mol. The summed E-state index contributed by atoms with van der Waals surface area (Å²) < 4.78 is 0. The van der Waals surface area contributed by atoms with Crippen LogP contribution in [0, 0.1) is 0 Å². The van der Waals surface area contributed by atoms with Crippen molar-refractivity contribution in [1.82, 2.24) is 0 Å². The maximum absolute atomic E-state index is 10.9. The standard InChI is InChI=1S/C10H11NO3/c1-11(2)8-5-3-4-7(6-12)9(8)10(13)14/h3-6H,1-2H3,(H,13,14). The first-order valence-electron chi connectivity index (χ1n) is 4.06. The molecule has 0 spiro atoms. The van der Waals surface area contributed by atoms with Gasteiger partial charge in [-0.2, -0.15) is 0 Å². The van der Waals surface area contributed by atoms with E-state index in [-0.39, 0.29) is 11.1 Å². The third kappa shape index (κ3) is 1.74. The van der Waals surface area contributed by atoms with Crippen molar-refractivity contribution < 1.29 is 14.7 Å². The number of carbonyl (C=O) groups excluding carboxylic acids is 1. The molecule has 0 aromatic heterocycles. The summed E-state index contributed by atoms with van der Waals surface area (Å²) in [6, 6.07) is 4.81. The number of hydrogen-bond donors (Lipinski definition) is 1. The lowest BCUT2D eigenvalue weighted by atomic mass is 10.1. The van der Waals surface area contributed by atoms with Gasteiger partial charge in [-0.15, -0.1) is 0 Å². The van der Waals surface area contributed by atoms with Crippen LogP contribution in [0.15, 0.2) is 18.2 Å². The van der Waals surface area contributed by atoms with Crippen molar-refractivity contribution in [2.75, 3.05) is 19.0 Å². The Labute approximate surface area is 81.8 Å². The number of aromatic carboxylic acids is 1. The van der Waals surface area contributed by atoms with Crippen molar-refractivity contribution in [2.45, 2.75) is 0 Å². The van der Waals surface area contributed by atoms with E-state index in [9.17, 15) is 9.59 Å². The maximum atomic E-state index is 10.9. The first-order chi connectivity index (χ1) is 6.57. The Hall–Kier alpha value is -1.84. The monoisotopic (exact) mass is 193 g/mol. The van der Waals surface area contributed by atoms with Crippen molar-refractivity contribution in [1.29, 1.82) is 0 Å². The molecule has 0 bridgehead atoms. The van der Waals surface area contributed by atoms with E-state index < -0.39 is 5.97 Å². The van der Waals surface area contributed by atoms with Crippen molar-refractivity contribution in [3.05, 3.63) is 29.3 Å². The third-order valence-corrected chi connectivity index (χ3v) is 1.90. The van der Waals surface area contributed by atoms with Gasteiger partial charge in [0.05, 0.1) is 11.3 Å². The Bertz CT molecular complexity index is 372. The van der Waals surface area contributed by atoms with Crippen molar-refractivity contribution in [3.63, 3.8) is 0 Å². The number of carboxylic acid groups (broad SMARTS) is 1. The summed E-state index contributed by atoms with van der Waals surface area (Å²) in [7, 11) is 3.46. The molecule has 0 amide bonds. The van der Waals surface area contributed by atoms with Gasteiger partial charge < -0.3 is 10.0 Å². The molecule has 0 atom stereocenters. The molecule has 0 saturated carbocycles. The fraction of sp³-hybridized carbons (Fsp3) is 0.200. The van der Waals surface area contributed by atoms with Gasteiger partial charge in [-0.25, -0.2) is 4.79 Å². The van der Waals surface area contributed by atoms with Gasteiger partial charge in [0.15, 0.2) is 6.29 Å². The molecule has 0 fully saturated rings. The summed E-state index contributed by atoms with van der Waals surface area (Å²) in [6.45, 7) is 0. The summed E-state index contributed by atoms with van der Waals surface area (Å²) in [4.78, 5) is 23.2. The number of hydrogen-bond acceptors (Lipinski definition) is 3. The van der Waals surface area contributed by atoms with Crippen LogP contribution < -0.4 is 4.90 Å². The minimum absolute atomic E-state index is 0.0486. The molecular weight excluding hydrogens is 182 g/mol. The molecule has 1 rings (SSSR count). The Balaban J connectivity index is 3.43. The Morgan fingerprint density at radius 1 is 1.43 bits per heavy atom. The maximum Gasteiger partial charge on any atom is 0.338 e. The molecule has 0 unspecified atom stereocenters. The fourth-order valence-electron chi connectivity index (χ4n) is 1.26. The van der Waals surface area contributed by atoms with Crippen LogP contribution in [0.4, 0.5) is 5.69 Å². The number of anilines is 1. The van der Waals surface area contributed by atoms with Crippen LogP contribution in [0.3, 0.4) is 0 Å². The van der Waals surface area contributed by atoms with E-state index in [0.29, 0.717) is 12.0 Å². The number of rotatable bonds is 3. The molecule has 74 valence electrons. The Morgan fingerprint density at radius 2 is 2.07 bits per heavy atom. The third-order valence-electron chi connectivity index (χ3n) is 1.90. The zero-order valence-corrected chi connectivity index (χ0v) is 8.02. The molecule has 0 aliphatic rings. The number of benzene rings is 1. The number of aldehydes is 1. The second kappa shape index (κ2) is 3.91. The normalized spacial score (nSPS) is 9.57. The zero-order valence-electron chi connectivity index (χ0n) is 8.02. The van der Waals surface area contributed by atoms with Crippen molar-refractivity contribution in [2.24, 2.45) is 0 Å². The summed E-state index contributed by atoms with van der Waals surface area (Å²) in [5, 5.41) is 8.94. The van der Waals surface area contributed by atoms with Gasteiger partial charge in [0, 0.05) is 19.7 Å². The highest BCUT2D eigenvalue weighted by atomic mass is 16.4. The molecule has 0 aliphatic heterocycles. The van der Waals surface area contributed by atoms with Gasteiger partial charge in [-0.05, 0) is 6.07 Å². The molecule has 0 saturated heterocycles. The molecule has 4 nitrogen and oxygen atoms in total. The smallest absolute Gasteiger partial charge is 0.338 e. The van der Waals surface area contributed by atoms with Crippen LogP contribution in [0.2, 0.25) is 0 Å². The molecule has 14 heavy (non-hydrogen) atoms. The number of carbonyl (C=O) groups is 2. The lowest BCUT2D eigenvalue weighted by Crippen LogP contribution is -2.15. The van der Waals surface area contributed by atoms with Crippen LogP contribution in [-0.4, -0.2) is 31.5 Å². The van der Waals surface area contributed by atoms with Crippen LogP contribution >= 0.6 is 0 Å². The number of nitrogens with zero attached hydrogens (tertiary/aromatic N) is 1. The van der Waals surface area contributed by atoms with Gasteiger partial charge in [-0.3, -0.25) is 4.79 Å². The Morgan fingerprint density at radius 3 is 2.50 bits per heavy atom. The van der Waals surface area contributed by atoms with Gasteiger partial charge in [-0.1, -0.05) is 12.1 Å². The van der Waals surface area contributed by atoms with E-state index in [2.05, 4.69) is 0 Å². The largest absolute Gasteiger partial charge is 0.478 e. The molecule has 1 aromatic rings. The second-order valence-electron chi connectivity index (χ2n) is 3.06. The fourth-order valence-corrected chi connectivity index (χ4v) is 1.26. The van der Waals surface area contributed by atoms with Crippen LogP contribution in [0.1, 0.15) is 20.7 Å². The molecule has 0 radical (unpaired) electrons. The van der Waals surface area contributed by atoms with Gasteiger partial charge in [0.2, 0.25) is 0 Å². The second-order valence-corrected chi connectivity index (χ2v) is 3.06. The minimum Gasteiger partial charge on any atom is -0.478 e. The lowest BCUT2D eigenvalue weighted by molar-refractivity contribution is 0.0694. The van der Waals surface area contributed by atoms with Crippen LogP contribution in [0.5, 0.6) is 0 Å². The average molecular weight is 193 g/mol. The van der Waals surface area contributed by atoms with E-state index in [1.54, 1.807) is 31.1 Å². The molecule has 1 N–H and O–H groups in total. The van der Waals surface area contributed by atoms with E-state index in [1.165, 1.54) is 6.07 Å². The first-order valence-corrected chi connectivity index (χ1v) is 4.06. The van der Waals surface area contributed by atoms with E-state index in [0.717, 1.165) is 0 Å². The van der Waals surface area contributed by atoms with Crippen molar-refractivity contribution in [3.8, 4) is 0 Å². The lowest BCUT2D eigenvalue weighted by Gasteiger charge is -2.16. The molecule has 4 heteroatoms. The predicted octanol–water partition coefficient (Wildman–Crippen LogP) is 1.26. The van der Waals surface area contributed by atoms with E-state index in [4.69, 9.17) is 5.11 Å². The summed E-state index contributed by atoms with van der Waals surface area (Å²) in [6.07, 6.45) is 0.552. The highest BCUT2D eigenvalue weighted by Gasteiger charge is 2.15. The van der Waals surface area contributed by atoms with Crippen LogP contribution in [-0.2, 0) is 0 Å². The quantitative estimate of drug-likeness (QED) is 0.734. The highest BCUT2D eigenvalue weighted by Crippen LogP contribution is 2.21. The molecule has 0 heterocycles. The topological polar surface area (TPSA) is 57.6 Å². The van der Waals surface area contributed by atoms with E-state index in [1.807, 2.05) is 0 Å². The Kier molecular flexibility index (Phi) is 2.86. The average Bonchev–Trinajstić information content (AvgIpc) is 2.16. The summed E-state index contributed by atoms with van der Waals surface area (Å²) in [5.74, 6) is -1.09. The molecule has 1 aromatic carbocycles. The van der Waals surface area contributed by atoms with Gasteiger partial charge in [0.1, 0.15) is 0 Å². The summed E-state index contributed by atoms with van der Waals surface area (Å²) >= 11 is 0. The SMILES string of the molecule is CN(C)c1cccc(C=O)c1C(=O)O. The van der Waals surface area contributed by atoms with E-state index >= 15 is 0 Å². The number of carboxylic acids is 1. The zero-order chi connectivity index (χ0) is 10.7. The summed E-state index contributed by atoms with van der Waals surface area (Å²) in [5.41, 5.74) is 0.776. The van der Waals surface area contributed by atoms with Crippen molar-refractivity contribution >= 4 is 17.9 Å². The highest BCUT2D eigenvalue weighted by molar-refractivity contribution is 6.02. The van der Waals surface area contributed by atoms with Crippen LogP contribution in [0.25, 0.3) is 0 Å².